The fraction of sp³-hybridized carbons (Fsp3) is 0.400. The average molecular weight is 242 g/mol. The molecule has 0 amide bonds. The predicted octanol–water partition coefficient (Wildman–Crippen LogP) is 1.06. The summed E-state index contributed by atoms with van der Waals surface area (Å²) < 4.78 is 32.6. The van der Waals surface area contributed by atoms with Gasteiger partial charge < -0.3 is 4.74 Å². The molecule has 1 aliphatic heterocycles. The highest BCUT2D eigenvalue weighted by molar-refractivity contribution is 7.90. The van der Waals surface area contributed by atoms with Gasteiger partial charge >= 0.3 is 10.2 Å². The number of hydrogen-bond donors (Lipinski definition) is 1. The van der Waals surface area contributed by atoms with E-state index in [2.05, 4.69) is 4.72 Å². The minimum absolute atomic E-state index is 0.483. The molecule has 16 heavy (non-hydrogen) atoms. The van der Waals surface area contributed by atoms with Gasteiger partial charge in [-0.1, -0.05) is 12.1 Å². The first-order valence-electron chi connectivity index (χ1n) is 5.13. The topological polar surface area (TPSA) is 58.4 Å². The molecule has 0 saturated carbocycles. The molecular formula is C10H14N2O3S. The Kier molecular flexibility index (Phi) is 3.02. The molecule has 1 saturated heterocycles. The van der Waals surface area contributed by atoms with E-state index in [-0.39, 0.29) is 0 Å². The van der Waals surface area contributed by atoms with Crippen molar-refractivity contribution in [3.63, 3.8) is 0 Å². The Balaban J connectivity index is 2.20. The van der Waals surface area contributed by atoms with Gasteiger partial charge in [0.15, 0.2) is 0 Å². The molecule has 1 fully saturated rings. The first kappa shape index (κ1) is 11.2. The molecular weight excluding hydrogens is 228 g/mol. The zero-order valence-electron chi connectivity index (χ0n) is 9.01. The number of nitrogens with one attached hydrogen (secondary N) is 1. The van der Waals surface area contributed by atoms with Crippen molar-refractivity contribution in [2.45, 2.75) is 6.92 Å². The summed E-state index contributed by atoms with van der Waals surface area (Å²) in [5, 5.41) is 0. The third-order valence-corrected chi connectivity index (χ3v) is 3.69. The fourth-order valence-electron chi connectivity index (χ4n) is 1.32. The second-order valence-corrected chi connectivity index (χ2v) is 5.11. The van der Waals surface area contributed by atoms with Crippen molar-refractivity contribution in [1.29, 1.82) is 0 Å². The highest BCUT2D eigenvalue weighted by atomic mass is 32.2. The largest absolute Gasteiger partial charge is 0.492 e. The minimum atomic E-state index is -3.38. The van der Waals surface area contributed by atoms with Crippen LogP contribution in [0, 0.1) is 0 Å². The third-order valence-electron chi connectivity index (χ3n) is 2.17. The molecule has 0 spiro atoms. The number of para-hydroxylation sites is 2. The maximum atomic E-state index is 11.7. The quantitative estimate of drug-likeness (QED) is 0.785. The SMILES string of the molecule is CCOc1ccccc1NS(=O)(=O)N1CC1. The van der Waals surface area contributed by atoms with Crippen LogP contribution in [0.2, 0.25) is 0 Å². The summed E-state index contributed by atoms with van der Waals surface area (Å²) in [6.45, 7) is 3.54. The zero-order chi connectivity index (χ0) is 11.6. The summed E-state index contributed by atoms with van der Waals surface area (Å²) in [6, 6.07) is 7.00. The van der Waals surface area contributed by atoms with Crippen molar-refractivity contribution in [2.24, 2.45) is 0 Å². The van der Waals surface area contributed by atoms with Gasteiger partial charge in [0, 0.05) is 13.1 Å². The van der Waals surface area contributed by atoms with E-state index in [0.717, 1.165) is 0 Å². The molecule has 6 heteroatoms. The van der Waals surface area contributed by atoms with Gasteiger partial charge in [-0.25, -0.2) is 0 Å². The Labute approximate surface area is 95.2 Å². The Bertz CT molecular complexity index is 469. The highest BCUT2D eigenvalue weighted by Crippen LogP contribution is 2.26. The van der Waals surface area contributed by atoms with Crippen LogP contribution in [-0.4, -0.2) is 32.4 Å². The first-order valence-corrected chi connectivity index (χ1v) is 6.57. The second-order valence-electron chi connectivity index (χ2n) is 3.44. The van der Waals surface area contributed by atoms with Crippen LogP contribution in [0.5, 0.6) is 5.75 Å². The van der Waals surface area contributed by atoms with E-state index in [4.69, 9.17) is 4.74 Å². The second kappa shape index (κ2) is 4.31. The molecule has 1 heterocycles. The summed E-state index contributed by atoms with van der Waals surface area (Å²) in [5.41, 5.74) is 0.483. The Morgan fingerprint density at radius 3 is 2.69 bits per heavy atom. The normalized spacial score (nSPS) is 15.8. The van der Waals surface area contributed by atoms with Gasteiger partial charge in [-0.2, -0.15) is 12.7 Å². The molecule has 1 aromatic carbocycles. The predicted molar refractivity (Wildman–Crippen MR) is 61.7 cm³/mol. The molecule has 0 radical (unpaired) electrons. The van der Waals surface area contributed by atoms with E-state index < -0.39 is 10.2 Å². The van der Waals surface area contributed by atoms with Crippen molar-refractivity contribution in [3.05, 3.63) is 24.3 Å². The van der Waals surface area contributed by atoms with Gasteiger partial charge in [0.1, 0.15) is 5.75 Å². The molecule has 0 aromatic heterocycles. The molecule has 5 nitrogen and oxygen atoms in total. The van der Waals surface area contributed by atoms with Gasteiger partial charge in [-0.3, -0.25) is 4.72 Å². The zero-order valence-corrected chi connectivity index (χ0v) is 9.83. The van der Waals surface area contributed by atoms with Crippen molar-refractivity contribution in [1.82, 2.24) is 4.31 Å². The highest BCUT2D eigenvalue weighted by Gasteiger charge is 2.32. The van der Waals surface area contributed by atoms with Crippen LogP contribution in [-0.2, 0) is 10.2 Å². The van der Waals surface area contributed by atoms with Crippen LogP contribution in [0.4, 0.5) is 5.69 Å². The third kappa shape index (κ3) is 2.45. The first-order chi connectivity index (χ1) is 7.63. The van der Waals surface area contributed by atoms with Crippen LogP contribution in [0.25, 0.3) is 0 Å². The van der Waals surface area contributed by atoms with Gasteiger partial charge in [0.2, 0.25) is 0 Å². The molecule has 2 rings (SSSR count). The van der Waals surface area contributed by atoms with Crippen LogP contribution in [0.1, 0.15) is 6.92 Å². The van der Waals surface area contributed by atoms with Crippen LogP contribution < -0.4 is 9.46 Å². The van der Waals surface area contributed by atoms with Crippen molar-refractivity contribution in [2.75, 3.05) is 24.4 Å². The van der Waals surface area contributed by atoms with E-state index in [1.807, 2.05) is 6.92 Å². The maximum absolute atomic E-state index is 11.7. The molecule has 1 aromatic rings. The summed E-state index contributed by atoms with van der Waals surface area (Å²) in [7, 11) is -3.38. The van der Waals surface area contributed by atoms with Crippen molar-refractivity contribution >= 4 is 15.9 Å². The lowest BCUT2D eigenvalue weighted by atomic mass is 10.3. The molecule has 0 unspecified atom stereocenters. The standard InChI is InChI=1S/C10H14N2O3S/c1-2-15-10-6-4-3-5-9(10)11-16(13,14)12-7-8-12/h3-6,11H,2,7-8H2,1H3. The van der Waals surface area contributed by atoms with E-state index in [0.29, 0.717) is 31.1 Å². The lowest BCUT2D eigenvalue weighted by Gasteiger charge is -2.12. The van der Waals surface area contributed by atoms with Crippen molar-refractivity contribution < 1.29 is 13.2 Å². The van der Waals surface area contributed by atoms with E-state index in [1.165, 1.54) is 4.31 Å². The number of hydrogen-bond acceptors (Lipinski definition) is 3. The van der Waals surface area contributed by atoms with E-state index in [9.17, 15) is 8.42 Å². The van der Waals surface area contributed by atoms with Gasteiger partial charge in [0.25, 0.3) is 0 Å². The number of benzene rings is 1. The van der Waals surface area contributed by atoms with Gasteiger partial charge in [-0.05, 0) is 19.1 Å². The summed E-state index contributed by atoms with van der Waals surface area (Å²) in [6.07, 6.45) is 0. The molecule has 1 N–H and O–H groups in total. The Hall–Kier alpha value is -1.27. The fourth-order valence-corrected chi connectivity index (χ4v) is 2.46. The summed E-state index contributed by atoms with van der Waals surface area (Å²) in [5.74, 6) is 0.551. The molecule has 0 bridgehead atoms. The Morgan fingerprint density at radius 2 is 2.06 bits per heavy atom. The summed E-state index contributed by atoms with van der Waals surface area (Å²) in [4.78, 5) is 0. The van der Waals surface area contributed by atoms with Gasteiger partial charge in [-0.15, -0.1) is 0 Å². The van der Waals surface area contributed by atoms with Crippen LogP contribution >= 0.6 is 0 Å². The maximum Gasteiger partial charge on any atom is 0.301 e. The lowest BCUT2D eigenvalue weighted by Crippen LogP contribution is -2.21. The Morgan fingerprint density at radius 1 is 1.38 bits per heavy atom. The molecule has 1 aliphatic rings. The van der Waals surface area contributed by atoms with Crippen LogP contribution in [0.15, 0.2) is 24.3 Å². The monoisotopic (exact) mass is 242 g/mol. The number of rotatable bonds is 5. The summed E-state index contributed by atoms with van der Waals surface area (Å²) >= 11 is 0. The number of nitrogens with zero attached hydrogens (tertiary/aromatic N) is 1. The lowest BCUT2D eigenvalue weighted by molar-refractivity contribution is 0.342. The molecule has 0 aliphatic carbocycles. The number of anilines is 1. The van der Waals surface area contributed by atoms with Crippen molar-refractivity contribution in [3.8, 4) is 5.75 Å². The smallest absolute Gasteiger partial charge is 0.301 e. The molecule has 0 atom stereocenters. The minimum Gasteiger partial charge on any atom is -0.492 e. The number of ether oxygens (including phenoxy) is 1. The average Bonchev–Trinajstić information content (AvgIpc) is 3.04. The van der Waals surface area contributed by atoms with Crippen LogP contribution in [0.3, 0.4) is 0 Å². The van der Waals surface area contributed by atoms with E-state index in [1.54, 1.807) is 24.3 Å². The van der Waals surface area contributed by atoms with Gasteiger partial charge in [0.05, 0.1) is 12.3 Å². The molecule has 88 valence electrons. The van der Waals surface area contributed by atoms with E-state index >= 15 is 0 Å².